The van der Waals surface area contributed by atoms with Crippen molar-refractivity contribution < 1.29 is 44.3 Å². The molecule has 1 fully saturated rings. The summed E-state index contributed by atoms with van der Waals surface area (Å²) < 4.78 is 2.19. The van der Waals surface area contributed by atoms with Crippen LogP contribution in [0.3, 0.4) is 0 Å². The molecule has 25 heavy (non-hydrogen) atoms. The largest absolute Gasteiger partial charge is 1.00 e. The van der Waals surface area contributed by atoms with Crippen molar-refractivity contribution in [2.45, 2.75) is 17.1 Å². The Morgan fingerprint density at radius 3 is 3.04 bits per heavy atom. The Labute approximate surface area is 173 Å². The van der Waals surface area contributed by atoms with Gasteiger partial charge in [0.15, 0.2) is 5.16 Å². The minimum atomic E-state index is -1.31. The Morgan fingerprint density at radius 1 is 1.40 bits per heavy atom. The van der Waals surface area contributed by atoms with E-state index in [4.69, 9.17) is 0 Å². The number of hydrogen-bond acceptors (Lipinski definition) is 6. The summed E-state index contributed by atoms with van der Waals surface area (Å²) in [6, 6.07) is 5.93. The third kappa shape index (κ3) is 2.50. The van der Waals surface area contributed by atoms with Crippen LogP contribution in [0.15, 0.2) is 40.0 Å². The Morgan fingerprint density at radius 2 is 2.24 bits per heavy atom. The predicted molar refractivity (Wildman–Crippen MR) is 89.7 cm³/mol. The van der Waals surface area contributed by atoms with Crippen LogP contribution in [0.1, 0.15) is 5.56 Å². The number of carbonyl (C=O) groups is 2. The maximum atomic E-state index is 12.3. The van der Waals surface area contributed by atoms with Crippen molar-refractivity contribution in [3.05, 3.63) is 40.4 Å². The van der Waals surface area contributed by atoms with Gasteiger partial charge >= 0.3 is 29.6 Å². The van der Waals surface area contributed by atoms with E-state index in [1.54, 1.807) is 11.8 Å². The Balaban J connectivity index is 0.00000157. The van der Waals surface area contributed by atoms with E-state index in [-0.39, 0.29) is 46.5 Å². The molecule has 3 aliphatic rings. The van der Waals surface area contributed by atoms with Crippen LogP contribution in [-0.4, -0.2) is 37.5 Å². The summed E-state index contributed by atoms with van der Waals surface area (Å²) in [4.78, 5) is 29.1. The number of aryl methyl sites for hydroxylation is 1. The zero-order valence-corrected chi connectivity index (χ0v) is 16.9. The molecule has 1 amide bonds. The standard InChI is InChI=1S/C16H11N3O3S2.Na/c20-13-9(14-19(13)12(7-24-14)15(21)22)5-8-1-2-10-11(6-8)18-3-4-23-16(18)17-10;/h1-2,5-7,14H,3-4H2,(H,21,22);/q;+1/p-1/b9-5-;/t14-;/m1./s1. The number of aromatic nitrogens is 2. The molecule has 1 aromatic carbocycles. The normalized spacial score (nSPS) is 22.5. The van der Waals surface area contributed by atoms with Crippen LogP contribution in [0.25, 0.3) is 17.1 Å². The number of aliphatic carboxylic acids is 1. The molecular formula is C16H10N3NaO3S2. The van der Waals surface area contributed by atoms with E-state index < -0.39 is 5.97 Å². The molecule has 120 valence electrons. The third-order valence-electron chi connectivity index (χ3n) is 4.35. The molecule has 0 saturated carbocycles. The summed E-state index contributed by atoms with van der Waals surface area (Å²) in [5, 5.41) is 13.3. The van der Waals surface area contributed by atoms with Gasteiger partial charge in [0.2, 0.25) is 0 Å². The first-order valence-corrected chi connectivity index (χ1v) is 9.31. The van der Waals surface area contributed by atoms with Crippen LogP contribution >= 0.6 is 23.5 Å². The second kappa shape index (κ2) is 6.21. The van der Waals surface area contributed by atoms with Crippen LogP contribution in [0.4, 0.5) is 0 Å². The number of carboxylic acid groups (broad SMARTS) is 1. The molecule has 6 nitrogen and oxygen atoms in total. The summed E-state index contributed by atoms with van der Waals surface area (Å²) in [5.74, 6) is -0.547. The first-order valence-electron chi connectivity index (χ1n) is 7.39. The van der Waals surface area contributed by atoms with Crippen molar-refractivity contribution in [3.8, 4) is 0 Å². The topological polar surface area (TPSA) is 78.3 Å². The first-order chi connectivity index (χ1) is 11.6. The minimum Gasteiger partial charge on any atom is -0.543 e. The van der Waals surface area contributed by atoms with Gasteiger partial charge in [0.05, 0.1) is 28.3 Å². The number of thioether (sulfide) groups is 2. The van der Waals surface area contributed by atoms with Crippen LogP contribution in [0.5, 0.6) is 0 Å². The van der Waals surface area contributed by atoms with Gasteiger partial charge in [0.25, 0.3) is 5.91 Å². The maximum Gasteiger partial charge on any atom is 1.00 e. The molecule has 0 N–H and O–H groups in total. The number of fused-ring (bicyclic) bond motifs is 4. The van der Waals surface area contributed by atoms with Crippen LogP contribution in [0.2, 0.25) is 0 Å². The van der Waals surface area contributed by atoms with Crippen LogP contribution in [-0.2, 0) is 16.1 Å². The van der Waals surface area contributed by atoms with Gasteiger partial charge in [-0.3, -0.25) is 9.69 Å². The van der Waals surface area contributed by atoms with E-state index in [2.05, 4.69) is 9.55 Å². The number of β-lactam (4-membered cyclic amide) rings is 1. The number of hydrogen-bond donors (Lipinski definition) is 0. The molecule has 0 bridgehead atoms. The Kier molecular flexibility index (Phi) is 4.28. The number of amides is 1. The monoisotopic (exact) mass is 379 g/mol. The van der Waals surface area contributed by atoms with Gasteiger partial charge in [-0.15, -0.1) is 11.8 Å². The number of nitrogens with zero attached hydrogens (tertiary/aromatic N) is 3. The van der Waals surface area contributed by atoms with E-state index in [0.29, 0.717) is 5.57 Å². The molecule has 0 radical (unpaired) electrons. The molecule has 0 unspecified atom stereocenters. The fourth-order valence-electron chi connectivity index (χ4n) is 3.20. The van der Waals surface area contributed by atoms with Gasteiger partial charge in [-0.2, -0.15) is 0 Å². The SMILES string of the molecule is O=C([O-])C1=CS[C@@H]2/C(=C\c3ccc4nc5n(c4c3)CCS5)C(=O)N12.[Na+]. The molecule has 3 aliphatic heterocycles. The van der Waals surface area contributed by atoms with Gasteiger partial charge < -0.3 is 14.5 Å². The van der Waals surface area contributed by atoms with Gasteiger partial charge in [-0.05, 0) is 29.2 Å². The van der Waals surface area contributed by atoms with Crippen LogP contribution in [0, 0.1) is 0 Å². The van der Waals surface area contributed by atoms with Crippen molar-refractivity contribution >= 4 is 52.5 Å². The van der Waals surface area contributed by atoms with E-state index in [1.165, 1.54) is 22.1 Å². The zero-order valence-electron chi connectivity index (χ0n) is 13.3. The van der Waals surface area contributed by atoms with E-state index in [9.17, 15) is 14.7 Å². The second-order valence-corrected chi connectivity index (χ2v) is 7.71. The molecule has 9 heteroatoms. The zero-order chi connectivity index (χ0) is 16.4. The first kappa shape index (κ1) is 17.2. The van der Waals surface area contributed by atoms with Gasteiger partial charge in [-0.1, -0.05) is 17.8 Å². The van der Waals surface area contributed by atoms with E-state index in [1.807, 2.05) is 24.3 Å². The van der Waals surface area contributed by atoms with E-state index >= 15 is 0 Å². The quantitative estimate of drug-likeness (QED) is 0.343. The number of benzene rings is 1. The fraction of sp³-hybridized carbons (Fsp3) is 0.188. The van der Waals surface area contributed by atoms with Crippen molar-refractivity contribution in [3.63, 3.8) is 0 Å². The number of carboxylic acids is 1. The van der Waals surface area contributed by atoms with Crippen molar-refractivity contribution in [2.75, 3.05) is 5.75 Å². The Hall–Kier alpha value is -1.19. The average Bonchev–Trinajstić information content (AvgIpc) is 3.24. The summed E-state index contributed by atoms with van der Waals surface area (Å²) in [6.07, 6.45) is 1.84. The van der Waals surface area contributed by atoms with Crippen molar-refractivity contribution in [2.24, 2.45) is 0 Å². The van der Waals surface area contributed by atoms with Gasteiger partial charge in [-0.25, -0.2) is 4.98 Å². The summed E-state index contributed by atoms with van der Waals surface area (Å²) in [7, 11) is 0. The number of rotatable bonds is 2. The second-order valence-electron chi connectivity index (χ2n) is 5.70. The summed E-state index contributed by atoms with van der Waals surface area (Å²) >= 11 is 3.07. The summed E-state index contributed by atoms with van der Waals surface area (Å²) in [5.41, 5.74) is 3.51. The molecule has 2 aromatic rings. The summed E-state index contributed by atoms with van der Waals surface area (Å²) in [6.45, 7) is 0.945. The number of carbonyl (C=O) groups excluding carboxylic acids is 2. The molecule has 0 aliphatic carbocycles. The third-order valence-corrected chi connectivity index (χ3v) is 6.39. The van der Waals surface area contributed by atoms with Gasteiger partial charge in [0.1, 0.15) is 5.37 Å². The molecule has 4 heterocycles. The van der Waals surface area contributed by atoms with Gasteiger partial charge in [0, 0.05) is 12.3 Å². The van der Waals surface area contributed by atoms with E-state index in [0.717, 1.165) is 34.1 Å². The molecule has 1 atom stereocenters. The van der Waals surface area contributed by atoms with Crippen LogP contribution < -0.4 is 34.7 Å². The molecule has 1 aromatic heterocycles. The Bertz CT molecular complexity index is 998. The minimum absolute atomic E-state index is 0. The predicted octanol–water partition coefficient (Wildman–Crippen LogP) is -1.96. The fourth-order valence-corrected chi connectivity index (χ4v) is 5.28. The average molecular weight is 379 g/mol. The smallest absolute Gasteiger partial charge is 0.543 e. The maximum absolute atomic E-state index is 12.3. The molecular weight excluding hydrogens is 369 g/mol. The molecule has 5 rings (SSSR count). The van der Waals surface area contributed by atoms with Crippen molar-refractivity contribution in [1.82, 2.24) is 14.5 Å². The number of imidazole rings is 1. The molecule has 0 spiro atoms. The van der Waals surface area contributed by atoms with Crippen molar-refractivity contribution in [1.29, 1.82) is 0 Å². The molecule has 1 saturated heterocycles.